The van der Waals surface area contributed by atoms with Crippen molar-refractivity contribution in [1.29, 1.82) is 15.8 Å². The lowest BCUT2D eigenvalue weighted by Gasteiger charge is -2.30. The normalized spacial score (nSPS) is 15.0. The number of aliphatic imine (C=N–C) groups is 3. The molecule has 5 unspecified atom stereocenters. The first-order valence-electron chi connectivity index (χ1n) is 51.6. The molecule has 9 heterocycles. The number of methoxy groups -OCH3 is 2. The number of nitrogens with zero attached hydrogens (tertiary/aromatic N) is 21. The van der Waals surface area contributed by atoms with Gasteiger partial charge in [0.2, 0.25) is 0 Å². The highest BCUT2D eigenvalue weighted by Gasteiger charge is 2.39. The molecule has 6 aromatic heterocycles. The number of hydrogen-bond donors (Lipinski definition) is 0. The molecule has 0 fully saturated rings. The molecule has 5 atom stereocenters. The Kier molecular flexibility index (Phi) is 41.6. The Morgan fingerprint density at radius 1 is 0.390 bits per heavy atom. The number of anilines is 3. The molecule has 29 heteroatoms. The van der Waals surface area contributed by atoms with E-state index in [9.17, 15) is 30.2 Å². The number of thiazole rings is 3. The molecule has 26 nitrogen and oxygen atoms in total. The van der Waals surface area contributed by atoms with Crippen LogP contribution in [0.3, 0.4) is 0 Å². The van der Waals surface area contributed by atoms with Crippen molar-refractivity contribution < 1.29 is 23.9 Å². The van der Waals surface area contributed by atoms with Gasteiger partial charge in [-0.2, -0.15) is 29.8 Å². The molecule has 13 rings (SSSR count). The molecule has 3 aliphatic heterocycles. The molecule has 0 amide bonds. The van der Waals surface area contributed by atoms with E-state index in [0.29, 0.717) is 115 Å². The topological polar surface area (TPSA) is 319 Å². The van der Waals surface area contributed by atoms with Crippen LogP contribution >= 0.6 is 34.0 Å². The minimum Gasteiger partial charge on any atom is -0.497 e. The van der Waals surface area contributed by atoms with E-state index in [1.165, 1.54) is 91.1 Å². The fourth-order valence-electron chi connectivity index (χ4n) is 17.8. The maximum absolute atomic E-state index is 13.5. The van der Waals surface area contributed by atoms with Crippen LogP contribution in [0.5, 0.6) is 11.5 Å². The van der Waals surface area contributed by atoms with Gasteiger partial charge < -0.3 is 24.2 Å². The molecule has 0 radical (unpaired) electrons. The average Bonchev–Trinajstić information content (AvgIpc) is 1.65. The molecule has 0 bridgehead atoms. The standard InChI is InChI=1S/C41H51N7O2S.C39H55N7O2S.C32H41N7OS/c1-7-11-16-29(9-3)26-47(27-30(10-4)17-12-8-2)41-45-37(32-20-22-33(50-6)23-21-32)39(51-41)44-36-28(5)34(25-42)40(49)48-38(36)43-35(46-48)24-31-18-14-13-15-19-31;1-10-14-16-27(12-3)24-45(25-28(13-4)17-15-11-2)38-43-34(29-18-20-30(48-9)21-19-29)36(49-38)42-33-26(5)31(23-40)37(47)46-35(33)41-32(44-46)22-39(6,7)8;1-6-10-16-23(9-4)28-36-29-26(22(5)25(21-33)31(40)39(29)37-28)34-30-27(24-17-14-13-15-18-24)35-32(41-30)38(19-11-7-2)20-12-8-3/h13-15,18-23,29-30H,7-12,16-17,24,26-27H2,1-6H3;18-21,27-28H,10-17,22,24-25H2,1-9H3;13-15,17-18,23H,6-12,16,19-20H2,1-5H3. The number of carbonyl (C=O) groups is 3. The highest BCUT2D eigenvalue weighted by Crippen LogP contribution is 2.47. The van der Waals surface area contributed by atoms with Crippen LogP contribution in [-0.4, -0.2) is 148 Å². The molecule has 748 valence electrons. The number of ether oxygens (including phenoxy) is 2. The van der Waals surface area contributed by atoms with Gasteiger partial charge in [0.15, 0.2) is 50.3 Å². The quantitative estimate of drug-likeness (QED) is 0.0342. The van der Waals surface area contributed by atoms with E-state index in [0.717, 1.165) is 188 Å². The van der Waals surface area contributed by atoms with Crippen LogP contribution in [0.1, 0.15) is 340 Å². The van der Waals surface area contributed by atoms with Crippen molar-refractivity contribution >= 4 is 99.3 Å². The molecular formula is C112H147N21O5S3. The van der Waals surface area contributed by atoms with Crippen LogP contribution in [0.15, 0.2) is 158 Å². The lowest BCUT2D eigenvalue weighted by molar-refractivity contribution is 0.0933. The van der Waals surface area contributed by atoms with Crippen LogP contribution in [0.4, 0.5) is 30.4 Å². The van der Waals surface area contributed by atoms with Crippen LogP contribution in [0.25, 0.3) is 33.8 Å². The Labute approximate surface area is 848 Å². The molecule has 0 saturated carbocycles. The highest BCUT2D eigenvalue weighted by molar-refractivity contribution is 7.20. The lowest BCUT2D eigenvalue weighted by atomic mass is 9.92. The van der Waals surface area contributed by atoms with Crippen molar-refractivity contribution in [2.45, 2.75) is 297 Å². The number of carbonyl (C=O) groups excluding carboxylic acids is 3. The molecule has 0 N–H and O–H groups in total. The van der Waals surface area contributed by atoms with Crippen molar-refractivity contribution in [1.82, 2.24) is 59.2 Å². The summed E-state index contributed by atoms with van der Waals surface area (Å²) in [4.78, 5) is 93.4. The second-order valence-electron chi connectivity index (χ2n) is 38.5. The Morgan fingerprint density at radius 2 is 0.716 bits per heavy atom. The first kappa shape index (κ1) is 109. The van der Waals surface area contributed by atoms with E-state index >= 15 is 0 Å². The van der Waals surface area contributed by atoms with Gasteiger partial charge in [-0.1, -0.05) is 301 Å². The number of aromatic nitrogens is 12. The average molecular weight is 1960 g/mol. The van der Waals surface area contributed by atoms with Gasteiger partial charge in [-0.3, -0.25) is 14.4 Å². The van der Waals surface area contributed by atoms with Gasteiger partial charge in [-0.25, -0.2) is 44.9 Å². The van der Waals surface area contributed by atoms with Crippen LogP contribution < -0.4 is 24.2 Å². The second kappa shape index (κ2) is 53.7. The summed E-state index contributed by atoms with van der Waals surface area (Å²) in [5, 5.41) is 48.8. The van der Waals surface area contributed by atoms with E-state index in [-0.39, 0.29) is 28.1 Å². The summed E-state index contributed by atoms with van der Waals surface area (Å²) >= 11 is 4.68. The summed E-state index contributed by atoms with van der Waals surface area (Å²) in [7, 11) is 3.32. The summed E-state index contributed by atoms with van der Waals surface area (Å²) in [6, 6.07) is 42.1. The van der Waals surface area contributed by atoms with Gasteiger partial charge in [-0.15, -0.1) is 15.3 Å². The molecule has 141 heavy (non-hydrogen) atoms. The molecule has 0 spiro atoms. The second-order valence-corrected chi connectivity index (χ2v) is 41.3. The van der Waals surface area contributed by atoms with Crippen molar-refractivity contribution in [3.05, 3.63) is 183 Å². The summed E-state index contributed by atoms with van der Waals surface area (Å²) in [6.07, 6.45) is 28.3. The van der Waals surface area contributed by atoms with Gasteiger partial charge in [0.1, 0.15) is 95.6 Å². The number of fused-ring (bicyclic) bond motifs is 3. The molecule has 4 aromatic carbocycles. The van der Waals surface area contributed by atoms with E-state index in [2.05, 4.69) is 152 Å². The van der Waals surface area contributed by atoms with Gasteiger partial charge >= 0.3 is 0 Å². The van der Waals surface area contributed by atoms with Gasteiger partial charge in [-0.05, 0) is 155 Å². The fraction of sp³-hybridized carbons (Fsp3) is 0.518. The lowest BCUT2D eigenvalue weighted by Crippen LogP contribution is -2.34. The molecule has 0 aliphatic carbocycles. The van der Waals surface area contributed by atoms with Crippen molar-refractivity contribution in [3.8, 4) is 63.5 Å². The third-order valence-electron chi connectivity index (χ3n) is 26.6. The molecule has 0 saturated heterocycles. The zero-order chi connectivity index (χ0) is 101. The third-order valence-corrected chi connectivity index (χ3v) is 29.7. The molecule has 3 aliphatic rings. The zero-order valence-electron chi connectivity index (χ0n) is 87.1. The number of allylic oxidation sites excluding steroid dienone is 6. The SMILES string of the molecule is CCCCC(CC)CN(CC(CC)CCCC)c1nc(-c2ccc(OC)cc2)c(N=C2C(C)=C(C#N)C(=O)n3nc(CC(C)(C)C)nc32)s1.CCCCC(CC)CN(CC(CC)CCCC)c1nc(-c2ccc(OC)cc2)c(N=C2C(C)=C(C#N)C(=O)n3nc(Cc4ccccc4)nc32)s1.CCCCC(CC)c1nc2n(n1)C(=O)C(C#N)=C(C)C2=Nc1sc(N(CCCC)CCCC)nc1-c1ccccc1. The zero-order valence-corrected chi connectivity index (χ0v) is 89.5. The van der Waals surface area contributed by atoms with Crippen molar-refractivity contribution in [2.24, 2.45) is 44.1 Å². The van der Waals surface area contributed by atoms with E-state index in [4.69, 9.17) is 54.4 Å². The van der Waals surface area contributed by atoms with Crippen molar-refractivity contribution in [3.63, 3.8) is 0 Å². The Morgan fingerprint density at radius 3 is 1.06 bits per heavy atom. The Bertz CT molecular complexity index is 6110. The number of unbranched alkanes of at least 4 members (excludes halogenated alkanes) is 7. The maximum atomic E-state index is 13.5. The minimum atomic E-state index is -0.488. The van der Waals surface area contributed by atoms with Crippen LogP contribution in [0, 0.1) is 63.1 Å². The fourth-order valence-corrected chi connectivity index (χ4v) is 20.8. The van der Waals surface area contributed by atoms with E-state index < -0.39 is 17.7 Å². The van der Waals surface area contributed by atoms with Gasteiger partial charge in [0, 0.05) is 91.4 Å². The van der Waals surface area contributed by atoms with E-state index in [1.54, 1.807) is 69.0 Å². The Balaban J connectivity index is 0.000000203. The number of rotatable bonds is 49. The predicted molar refractivity (Wildman–Crippen MR) is 576 cm³/mol. The summed E-state index contributed by atoms with van der Waals surface area (Å²) in [5.41, 5.74) is 9.07. The molecular weight excluding hydrogens is 1820 g/mol. The maximum Gasteiger partial charge on any atom is 0.291 e. The summed E-state index contributed by atoms with van der Waals surface area (Å²) in [6.45, 7) is 44.2. The predicted octanol–water partition coefficient (Wildman–Crippen LogP) is 27.8. The highest BCUT2D eigenvalue weighted by atomic mass is 32.1. The number of nitriles is 3. The van der Waals surface area contributed by atoms with Crippen LogP contribution in [-0.2, 0) is 12.8 Å². The number of hydrogen-bond acceptors (Lipinski definition) is 26. The summed E-state index contributed by atoms with van der Waals surface area (Å²) in [5.74, 6) is 5.32. The molecule has 10 aromatic rings. The van der Waals surface area contributed by atoms with E-state index in [1.807, 2.05) is 109 Å². The first-order valence-corrected chi connectivity index (χ1v) is 54.0. The monoisotopic (exact) mass is 1960 g/mol. The number of benzene rings is 4. The smallest absolute Gasteiger partial charge is 0.291 e. The Hall–Kier alpha value is -12.1. The summed E-state index contributed by atoms with van der Waals surface area (Å²) < 4.78 is 14.7. The third kappa shape index (κ3) is 28.0. The van der Waals surface area contributed by atoms with Gasteiger partial charge in [0.05, 0.1) is 14.2 Å². The van der Waals surface area contributed by atoms with Crippen LogP contribution in [0.2, 0.25) is 0 Å². The largest absolute Gasteiger partial charge is 0.497 e. The first-order chi connectivity index (χ1) is 68.2. The van der Waals surface area contributed by atoms with Crippen molar-refractivity contribution in [2.75, 3.05) is 68.2 Å². The van der Waals surface area contributed by atoms with Gasteiger partial charge in [0.25, 0.3) is 17.7 Å². The minimum absolute atomic E-state index is 0.0122.